The number of ether oxygens (including phenoxy) is 1. The Morgan fingerprint density at radius 1 is 1.47 bits per heavy atom. The van der Waals surface area contributed by atoms with Gasteiger partial charge in [-0.2, -0.15) is 0 Å². The highest BCUT2D eigenvalue weighted by Gasteiger charge is 2.25. The second kappa shape index (κ2) is 5.14. The van der Waals surface area contributed by atoms with E-state index in [2.05, 4.69) is 18.8 Å². The molecule has 0 aromatic carbocycles. The second-order valence-electron chi connectivity index (χ2n) is 5.28. The van der Waals surface area contributed by atoms with Crippen LogP contribution in [-0.2, 0) is 9.53 Å². The first kappa shape index (κ1) is 14.1. The lowest BCUT2D eigenvalue weighted by Gasteiger charge is -2.21. The van der Waals surface area contributed by atoms with Crippen LogP contribution in [0.1, 0.15) is 57.3 Å². The van der Waals surface area contributed by atoms with Crippen LogP contribution in [-0.4, -0.2) is 16.6 Å². The van der Waals surface area contributed by atoms with E-state index >= 15 is 0 Å². The summed E-state index contributed by atoms with van der Waals surface area (Å²) in [5, 5.41) is 2.81. The van der Waals surface area contributed by atoms with Crippen LogP contribution < -0.4 is 5.73 Å². The van der Waals surface area contributed by atoms with E-state index in [1.54, 1.807) is 0 Å². The van der Waals surface area contributed by atoms with Crippen molar-refractivity contribution < 1.29 is 9.53 Å². The molecule has 0 saturated carbocycles. The van der Waals surface area contributed by atoms with Crippen molar-refractivity contribution in [3.8, 4) is 0 Å². The molecule has 0 bridgehead atoms. The van der Waals surface area contributed by atoms with E-state index in [1.807, 2.05) is 26.2 Å². The van der Waals surface area contributed by atoms with Gasteiger partial charge in [0.05, 0.1) is 10.7 Å². The molecule has 1 rings (SSSR count). The lowest BCUT2D eigenvalue weighted by molar-refractivity contribution is -0.156. The van der Waals surface area contributed by atoms with E-state index in [9.17, 15) is 4.79 Å². The number of hydrogen-bond acceptors (Lipinski definition) is 5. The van der Waals surface area contributed by atoms with Gasteiger partial charge in [-0.25, -0.2) is 9.78 Å². The summed E-state index contributed by atoms with van der Waals surface area (Å²) in [5.41, 5.74) is 5.90. The summed E-state index contributed by atoms with van der Waals surface area (Å²) in [5.74, 6) is -0.0855. The maximum atomic E-state index is 11.8. The molecule has 0 spiro atoms. The lowest BCUT2D eigenvalue weighted by Crippen LogP contribution is -2.31. The average Bonchev–Trinajstić information content (AvgIpc) is 2.62. The van der Waals surface area contributed by atoms with Gasteiger partial charge in [-0.15, -0.1) is 11.3 Å². The number of thiazole rings is 1. The fourth-order valence-electron chi connectivity index (χ4n) is 1.19. The number of carbonyl (C=O) groups excluding carboxylic acids is 1. The topological polar surface area (TPSA) is 65.2 Å². The van der Waals surface area contributed by atoms with E-state index in [0.29, 0.717) is 11.6 Å². The zero-order valence-electron chi connectivity index (χ0n) is 11.0. The van der Waals surface area contributed by atoms with Crippen molar-refractivity contribution in [1.29, 1.82) is 0 Å². The van der Waals surface area contributed by atoms with Crippen LogP contribution in [0.5, 0.6) is 0 Å². The van der Waals surface area contributed by atoms with E-state index in [-0.39, 0.29) is 0 Å². The minimum atomic E-state index is -0.794. The maximum Gasteiger partial charge on any atom is 0.329 e. The van der Waals surface area contributed by atoms with Crippen LogP contribution in [0.25, 0.3) is 0 Å². The summed E-state index contributed by atoms with van der Waals surface area (Å²) < 4.78 is 5.22. The standard InChI is InChI=1S/C12H20N2O2S/c1-7(2)10-14-8(6-17-10)9(13)11(15)16-12(3,4)5/h6-7,9H,13H2,1-5H3. The first-order chi connectivity index (χ1) is 7.70. The van der Waals surface area contributed by atoms with Crippen molar-refractivity contribution in [2.75, 3.05) is 0 Å². The number of hydrogen-bond donors (Lipinski definition) is 1. The van der Waals surface area contributed by atoms with Crippen LogP contribution in [0.2, 0.25) is 0 Å². The van der Waals surface area contributed by atoms with E-state index in [4.69, 9.17) is 10.5 Å². The molecule has 1 aromatic rings. The van der Waals surface area contributed by atoms with Gasteiger partial charge in [0.15, 0.2) is 0 Å². The minimum Gasteiger partial charge on any atom is -0.459 e. The highest BCUT2D eigenvalue weighted by atomic mass is 32.1. The Hall–Kier alpha value is -0.940. The summed E-state index contributed by atoms with van der Waals surface area (Å²) in [7, 11) is 0. The summed E-state index contributed by atoms with van der Waals surface area (Å²) in [6, 6.07) is -0.794. The molecule has 0 amide bonds. The third-order valence-electron chi connectivity index (χ3n) is 2.01. The highest BCUT2D eigenvalue weighted by molar-refractivity contribution is 7.09. The Kier molecular flexibility index (Phi) is 4.27. The number of carbonyl (C=O) groups is 1. The summed E-state index contributed by atoms with van der Waals surface area (Å²) >= 11 is 1.52. The molecule has 0 aliphatic heterocycles. The second-order valence-corrected chi connectivity index (χ2v) is 6.17. The van der Waals surface area contributed by atoms with Crippen molar-refractivity contribution >= 4 is 17.3 Å². The molecular weight excluding hydrogens is 236 g/mol. The Bertz CT molecular complexity index is 393. The molecule has 0 fully saturated rings. The fourth-order valence-corrected chi connectivity index (χ4v) is 2.07. The molecule has 0 aliphatic carbocycles. The van der Waals surface area contributed by atoms with Gasteiger partial charge in [-0.05, 0) is 20.8 Å². The van der Waals surface area contributed by atoms with Crippen LogP contribution in [0.15, 0.2) is 5.38 Å². The van der Waals surface area contributed by atoms with Crippen LogP contribution >= 0.6 is 11.3 Å². The maximum absolute atomic E-state index is 11.8. The van der Waals surface area contributed by atoms with E-state index in [0.717, 1.165) is 5.01 Å². The van der Waals surface area contributed by atoms with Crippen LogP contribution in [0.3, 0.4) is 0 Å². The molecule has 1 atom stereocenters. The molecule has 5 heteroatoms. The van der Waals surface area contributed by atoms with Crippen molar-refractivity contribution in [2.24, 2.45) is 5.73 Å². The largest absolute Gasteiger partial charge is 0.459 e. The Morgan fingerprint density at radius 2 is 2.06 bits per heavy atom. The molecule has 0 saturated heterocycles. The number of rotatable bonds is 3. The zero-order valence-corrected chi connectivity index (χ0v) is 11.8. The molecule has 1 heterocycles. The van der Waals surface area contributed by atoms with Gasteiger partial charge in [-0.3, -0.25) is 0 Å². The third-order valence-corrected chi connectivity index (χ3v) is 3.18. The molecule has 0 aliphatic rings. The zero-order chi connectivity index (χ0) is 13.2. The lowest BCUT2D eigenvalue weighted by atomic mass is 10.2. The molecule has 96 valence electrons. The Labute approximate surface area is 106 Å². The number of nitrogens with two attached hydrogens (primary N) is 1. The van der Waals surface area contributed by atoms with Gasteiger partial charge in [0, 0.05) is 11.3 Å². The minimum absolute atomic E-state index is 0.347. The summed E-state index contributed by atoms with van der Waals surface area (Å²) in [6.07, 6.45) is 0. The quantitative estimate of drug-likeness (QED) is 0.844. The number of aromatic nitrogens is 1. The molecular formula is C12H20N2O2S. The van der Waals surface area contributed by atoms with E-state index in [1.165, 1.54) is 11.3 Å². The van der Waals surface area contributed by atoms with Gasteiger partial charge in [0.2, 0.25) is 0 Å². The normalized spacial score (nSPS) is 13.8. The number of nitrogens with zero attached hydrogens (tertiary/aromatic N) is 1. The summed E-state index contributed by atoms with van der Waals surface area (Å²) in [4.78, 5) is 16.1. The molecule has 1 unspecified atom stereocenters. The van der Waals surface area contributed by atoms with Crippen LogP contribution in [0.4, 0.5) is 0 Å². The van der Waals surface area contributed by atoms with Gasteiger partial charge in [0.1, 0.15) is 11.6 Å². The van der Waals surface area contributed by atoms with Gasteiger partial charge in [0.25, 0.3) is 0 Å². The molecule has 4 nitrogen and oxygen atoms in total. The van der Waals surface area contributed by atoms with E-state index < -0.39 is 17.6 Å². The SMILES string of the molecule is CC(C)c1nc(C(N)C(=O)OC(C)(C)C)cs1. The third kappa shape index (κ3) is 4.09. The predicted octanol–water partition coefficient (Wildman–Crippen LogP) is 2.61. The van der Waals surface area contributed by atoms with Crippen LogP contribution in [0, 0.1) is 0 Å². The Morgan fingerprint density at radius 3 is 2.47 bits per heavy atom. The molecule has 2 N–H and O–H groups in total. The average molecular weight is 256 g/mol. The molecule has 17 heavy (non-hydrogen) atoms. The monoisotopic (exact) mass is 256 g/mol. The Balaban J connectivity index is 2.75. The summed E-state index contributed by atoms with van der Waals surface area (Å²) in [6.45, 7) is 9.57. The van der Waals surface area contributed by atoms with Gasteiger partial charge in [-0.1, -0.05) is 13.8 Å². The first-order valence-electron chi connectivity index (χ1n) is 5.64. The van der Waals surface area contributed by atoms with Crippen molar-refractivity contribution in [2.45, 2.75) is 52.2 Å². The predicted molar refractivity (Wildman–Crippen MR) is 69.0 cm³/mol. The van der Waals surface area contributed by atoms with Gasteiger partial charge >= 0.3 is 5.97 Å². The fraction of sp³-hybridized carbons (Fsp3) is 0.667. The van der Waals surface area contributed by atoms with Crippen molar-refractivity contribution in [3.05, 3.63) is 16.1 Å². The first-order valence-corrected chi connectivity index (χ1v) is 6.52. The molecule has 0 radical (unpaired) electrons. The highest BCUT2D eigenvalue weighted by Crippen LogP contribution is 2.23. The number of esters is 1. The van der Waals surface area contributed by atoms with Crippen molar-refractivity contribution in [3.63, 3.8) is 0 Å². The molecule has 1 aromatic heterocycles. The smallest absolute Gasteiger partial charge is 0.329 e. The van der Waals surface area contributed by atoms with Gasteiger partial charge < -0.3 is 10.5 Å². The van der Waals surface area contributed by atoms with Crippen molar-refractivity contribution in [1.82, 2.24) is 4.98 Å².